The van der Waals surface area contributed by atoms with Gasteiger partial charge in [-0.3, -0.25) is 14.2 Å². The SMILES string of the molecule is COCCCn1c(SCC(=O)Nc2cc(C(F)(F)F)ccc2Cl)nc2ccccc2c1=O. The van der Waals surface area contributed by atoms with Gasteiger partial charge in [0.25, 0.3) is 5.56 Å². The van der Waals surface area contributed by atoms with E-state index in [1.807, 2.05) is 0 Å². The first kappa shape index (κ1) is 24.1. The van der Waals surface area contributed by atoms with Gasteiger partial charge in [-0.05, 0) is 36.8 Å². The number of rotatable bonds is 8. The van der Waals surface area contributed by atoms with Gasteiger partial charge in [-0.25, -0.2) is 4.98 Å². The number of nitrogens with one attached hydrogen (secondary N) is 1. The molecule has 11 heteroatoms. The zero-order chi connectivity index (χ0) is 23.3. The Morgan fingerprint density at radius 2 is 2.00 bits per heavy atom. The van der Waals surface area contributed by atoms with E-state index in [0.29, 0.717) is 35.6 Å². The Morgan fingerprint density at radius 3 is 2.72 bits per heavy atom. The van der Waals surface area contributed by atoms with E-state index in [4.69, 9.17) is 16.3 Å². The van der Waals surface area contributed by atoms with Crippen LogP contribution in [0.25, 0.3) is 10.9 Å². The van der Waals surface area contributed by atoms with Gasteiger partial charge in [0.2, 0.25) is 5.91 Å². The van der Waals surface area contributed by atoms with Crippen LogP contribution in [0.2, 0.25) is 5.02 Å². The largest absolute Gasteiger partial charge is 0.416 e. The third kappa shape index (κ3) is 5.81. The number of halogens is 4. The highest BCUT2D eigenvalue weighted by Crippen LogP contribution is 2.34. The minimum absolute atomic E-state index is 0.0170. The number of methoxy groups -OCH3 is 1. The van der Waals surface area contributed by atoms with Gasteiger partial charge in [-0.1, -0.05) is 35.5 Å². The number of alkyl halides is 3. The van der Waals surface area contributed by atoms with Gasteiger partial charge in [-0.2, -0.15) is 13.2 Å². The summed E-state index contributed by atoms with van der Waals surface area (Å²) in [6.45, 7) is 0.784. The van der Waals surface area contributed by atoms with Crippen molar-refractivity contribution in [1.82, 2.24) is 9.55 Å². The molecule has 1 heterocycles. The van der Waals surface area contributed by atoms with Crippen LogP contribution in [0.15, 0.2) is 52.4 Å². The number of aromatic nitrogens is 2. The summed E-state index contributed by atoms with van der Waals surface area (Å²) >= 11 is 6.94. The first-order valence-corrected chi connectivity index (χ1v) is 10.8. The first-order valence-electron chi connectivity index (χ1n) is 9.48. The Balaban J connectivity index is 1.80. The molecule has 0 aliphatic carbocycles. The number of amides is 1. The van der Waals surface area contributed by atoms with Crippen molar-refractivity contribution in [2.75, 3.05) is 24.8 Å². The molecule has 1 N–H and O–H groups in total. The molecular weight excluding hydrogens is 467 g/mol. The average Bonchev–Trinajstić information content (AvgIpc) is 2.75. The molecule has 3 aromatic rings. The van der Waals surface area contributed by atoms with Gasteiger partial charge >= 0.3 is 6.18 Å². The highest BCUT2D eigenvalue weighted by Gasteiger charge is 2.31. The summed E-state index contributed by atoms with van der Waals surface area (Å²) in [7, 11) is 1.56. The van der Waals surface area contributed by atoms with Gasteiger partial charge in [0.1, 0.15) is 0 Å². The minimum atomic E-state index is -4.56. The Kier molecular flexibility index (Phi) is 7.81. The van der Waals surface area contributed by atoms with E-state index in [2.05, 4.69) is 10.3 Å². The lowest BCUT2D eigenvalue weighted by atomic mass is 10.2. The monoisotopic (exact) mass is 485 g/mol. The van der Waals surface area contributed by atoms with Crippen LogP contribution in [0.1, 0.15) is 12.0 Å². The second kappa shape index (κ2) is 10.4. The molecule has 3 rings (SSSR count). The highest BCUT2D eigenvalue weighted by molar-refractivity contribution is 7.99. The molecule has 0 radical (unpaired) electrons. The topological polar surface area (TPSA) is 73.2 Å². The Bertz CT molecular complexity index is 1180. The van der Waals surface area contributed by atoms with Gasteiger partial charge in [0, 0.05) is 20.3 Å². The molecular formula is C21H19ClF3N3O3S. The predicted molar refractivity (Wildman–Crippen MR) is 118 cm³/mol. The van der Waals surface area contributed by atoms with Crippen LogP contribution in [0.5, 0.6) is 0 Å². The molecule has 170 valence electrons. The standard InChI is InChI=1S/C21H19ClF3N3O3S/c1-31-10-4-9-28-19(30)14-5-2-3-6-16(14)27-20(28)32-12-18(29)26-17-11-13(21(23,24)25)7-8-15(17)22/h2-3,5-8,11H,4,9-10,12H2,1H3,(H,26,29). The fourth-order valence-electron chi connectivity index (χ4n) is 2.94. The van der Waals surface area contributed by atoms with E-state index in [1.165, 1.54) is 4.57 Å². The molecule has 0 unspecified atom stereocenters. The molecule has 1 amide bonds. The molecule has 1 aromatic heterocycles. The number of hydrogen-bond donors (Lipinski definition) is 1. The summed E-state index contributed by atoms with van der Waals surface area (Å²) < 4.78 is 45.3. The van der Waals surface area contributed by atoms with Crippen LogP contribution < -0.4 is 10.9 Å². The minimum Gasteiger partial charge on any atom is -0.385 e. The molecule has 0 aliphatic rings. The van der Waals surface area contributed by atoms with Gasteiger partial charge in [-0.15, -0.1) is 0 Å². The van der Waals surface area contributed by atoms with Crippen molar-refractivity contribution in [1.29, 1.82) is 0 Å². The Hall–Kier alpha value is -2.56. The quantitative estimate of drug-likeness (QED) is 0.281. The molecule has 0 saturated carbocycles. The van der Waals surface area contributed by atoms with Crippen LogP contribution in [0.4, 0.5) is 18.9 Å². The number of fused-ring (bicyclic) bond motifs is 1. The average molecular weight is 486 g/mol. The molecule has 0 saturated heterocycles. The summed E-state index contributed by atoms with van der Waals surface area (Å²) in [6.07, 6.45) is -4.00. The van der Waals surface area contributed by atoms with Crippen molar-refractivity contribution < 1.29 is 22.7 Å². The smallest absolute Gasteiger partial charge is 0.385 e. The number of carbonyl (C=O) groups is 1. The number of thioether (sulfide) groups is 1. The van der Waals surface area contributed by atoms with Crippen LogP contribution in [0, 0.1) is 0 Å². The normalized spacial score (nSPS) is 11.7. The van der Waals surface area contributed by atoms with Crippen molar-refractivity contribution in [2.24, 2.45) is 0 Å². The molecule has 32 heavy (non-hydrogen) atoms. The summed E-state index contributed by atoms with van der Waals surface area (Å²) in [5, 5.41) is 3.15. The van der Waals surface area contributed by atoms with E-state index in [-0.39, 0.29) is 22.0 Å². The van der Waals surface area contributed by atoms with E-state index >= 15 is 0 Å². The number of anilines is 1. The van der Waals surface area contributed by atoms with Gasteiger partial charge in [0.05, 0.1) is 32.9 Å². The number of hydrogen-bond acceptors (Lipinski definition) is 5. The maximum absolute atomic E-state index is 12.9. The maximum Gasteiger partial charge on any atom is 0.416 e. The number of ether oxygens (including phenoxy) is 1. The summed E-state index contributed by atoms with van der Waals surface area (Å²) in [5.41, 5.74) is -0.816. The number of para-hydroxylation sites is 1. The lowest BCUT2D eigenvalue weighted by Gasteiger charge is -2.14. The van der Waals surface area contributed by atoms with E-state index in [9.17, 15) is 22.8 Å². The zero-order valence-electron chi connectivity index (χ0n) is 16.9. The van der Waals surface area contributed by atoms with Gasteiger partial charge in [0.15, 0.2) is 5.16 Å². The van der Waals surface area contributed by atoms with E-state index < -0.39 is 17.6 Å². The Labute approximate surface area is 190 Å². The van der Waals surface area contributed by atoms with Crippen molar-refractivity contribution in [2.45, 2.75) is 24.3 Å². The van der Waals surface area contributed by atoms with Crippen molar-refractivity contribution in [3.63, 3.8) is 0 Å². The Morgan fingerprint density at radius 1 is 1.25 bits per heavy atom. The third-order valence-electron chi connectivity index (χ3n) is 4.46. The van der Waals surface area contributed by atoms with Crippen LogP contribution in [0.3, 0.4) is 0 Å². The second-order valence-electron chi connectivity index (χ2n) is 6.74. The molecule has 0 spiro atoms. The lowest BCUT2D eigenvalue weighted by molar-refractivity contribution is -0.137. The van der Waals surface area contributed by atoms with Crippen LogP contribution in [-0.2, 0) is 22.3 Å². The highest BCUT2D eigenvalue weighted by atomic mass is 35.5. The van der Waals surface area contributed by atoms with Crippen LogP contribution >= 0.6 is 23.4 Å². The van der Waals surface area contributed by atoms with Crippen molar-refractivity contribution in [3.8, 4) is 0 Å². The summed E-state index contributed by atoms with van der Waals surface area (Å²) in [4.78, 5) is 29.8. The third-order valence-corrected chi connectivity index (χ3v) is 5.76. The van der Waals surface area contributed by atoms with Crippen molar-refractivity contribution in [3.05, 3.63) is 63.4 Å². The van der Waals surface area contributed by atoms with Gasteiger partial charge < -0.3 is 10.1 Å². The van der Waals surface area contributed by atoms with E-state index in [0.717, 1.165) is 30.0 Å². The molecule has 0 atom stereocenters. The molecule has 6 nitrogen and oxygen atoms in total. The predicted octanol–water partition coefficient (Wildman–Crippen LogP) is 4.84. The number of nitrogens with zero attached hydrogens (tertiary/aromatic N) is 2. The van der Waals surface area contributed by atoms with Crippen LogP contribution in [-0.4, -0.2) is 34.9 Å². The summed E-state index contributed by atoms with van der Waals surface area (Å²) in [6, 6.07) is 9.55. The molecule has 0 aliphatic heterocycles. The van der Waals surface area contributed by atoms with Crippen molar-refractivity contribution >= 4 is 45.9 Å². The number of carbonyl (C=O) groups excluding carboxylic acids is 1. The first-order chi connectivity index (χ1) is 15.2. The second-order valence-corrected chi connectivity index (χ2v) is 8.09. The number of benzene rings is 2. The molecule has 0 fully saturated rings. The summed E-state index contributed by atoms with van der Waals surface area (Å²) in [5.74, 6) is -0.760. The zero-order valence-corrected chi connectivity index (χ0v) is 18.5. The lowest BCUT2D eigenvalue weighted by Crippen LogP contribution is -2.25. The maximum atomic E-state index is 12.9. The fraction of sp³-hybridized carbons (Fsp3) is 0.286. The molecule has 0 bridgehead atoms. The van der Waals surface area contributed by atoms with E-state index in [1.54, 1.807) is 31.4 Å². The fourth-order valence-corrected chi connectivity index (χ4v) is 3.93. The molecule has 2 aromatic carbocycles.